The summed E-state index contributed by atoms with van der Waals surface area (Å²) in [4.78, 5) is 23.2. The highest BCUT2D eigenvalue weighted by Gasteiger charge is 2.12. The maximum absolute atomic E-state index is 11.7. The predicted octanol–water partition coefficient (Wildman–Crippen LogP) is 0.560. The first kappa shape index (κ1) is 17.1. The van der Waals surface area contributed by atoms with Gasteiger partial charge in [-0.1, -0.05) is 26.0 Å². The second-order valence-electron chi connectivity index (χ2n) is 5.34. The van der Waals surface area contributed by atoms with Crippen LogP contribution in [0, 0.1) is 5.92 Å². The van der Waals surface area contributed by atoms with Crippen LogP contribution < -0.4 is 16.4 Å². The van der Waals surface area contributed by atoms with Crippen LogP contribution in [0.2, 0.25) is 0 Å². The minimum absolute atomic E-state index is 0.0684. The molecule has 1 unspecified atom stereocenters. The van der Waals surface area contributed by atoms with Gasteiger partial charge in [-0.2, -0.15) is 0 Å². The van der Waals surface area contributed by atoms with E-state index in [1.54, 1.807) is 6.20 Å². The van der Waals surface area contributed by atoms with Crippen molar-refractivity contribution in [2.45, 2.75) is 46.2 Å². The minimum atomic E-state index is -0.494. The SMILES string of the molecule is CCC(N)c1cn(CC(=O)NC(=O)NCCC(C)C)nn1. The van der Waals surface area contributed by atoms with Crippen molar-refractivity contribution in [2.24, 2.45) is 11.7 Å². The molecule has 8 nitrogen and oxygen atoms in total. The van der Waals surface area contributed by atoms with Gasteiger partial charge < -0.3 is 11.1 Å². The maximum atomic E-state index is 11.7. The Morgan fingerprint density at radius 2 is 2.14 bits per heavy atom. The summed E-state index contributed by atoms with van der Waals surface area (Å²) in [5, 5.41) is 12.6. The van der Waals surface area contributed by atoms with Crippen molar-refractivity contribution >= 4 is 11.9 Å². The Kier molecular flexibility index (Phi) is 6.80. The smallest absolute Gasteiger partial charge is 0.321 e. The third-order valence-corrected chi connectivity index (χ3v) is 2.94. The normalized spacial score (nSPS) is 12.2. The van der Waals surface area contributed by atoms with Crippen molar-refractivity contribution in [1.29, 1.82) is 0 Å². The van der Waals surface area contributed by atoms with Gasteiger partial charge in [0.05, 0.1) is 17.9 Å². The van der Waals surface area contributed by atoms with Crippen LogP contribution >= 0.6 is 0 Å². The molecular formula is C13H24N6O2. The van der Waals surface area contributed by atoms with Gasteiger partial charge >= 0.3 is 6.03 Å². The molecule has 0 saturated carbocycles. The third-order valence-electron chi connectivity index (χ3n) is 2.94. The van der Waals surface area contributed by atoms with E-state index in [2.05, 4.69) is 34.8 Å². The van der Waals surface area contributed by atoms with E-state index in [0.717, 1.165) is 12.8 Å². The first-order chi connectivity index (χ1) is 9.92. The zero-order valence-electron chi connectivity index (χ0n) is 12.8. The standard InChI is InChI=1S/C13H24N6O2/c1-4-10(14)11-7-19(18-17-11)8-12(20)16-13(21)15-6-5-9(2)3/h7,9-10H,4-6,8,14H2,1-3H3,(H2,15,16,20,21). The molecule has 21 heavy (non-hydrogen) atoms. The van der Waals surface area contributed by atoms with E-state index in [4.69, 9.17) is 5.73 Å². The minimum Gasteiger partial charge on any atom is -0.338 e. The van der Waals surface area contributed by atoms with E-state index in [1.807, 2.05) is 6.92 Å². The molecular weight excluding hydrogens is 272 g/mol. The van der Waals surface area contributed by atoms with Gasteiger partial charge in [0.15, 0.2) is 0 Å². The average molecular weight is 296 g/mol. The van der Waals surface area contributed by atoms with Crippen LogP contribution in [-0.2, 0) is 11.3 Å². The van der Waals surface area contributed by atoms with Crippen LogP contribution in [0.5, 0.6) is 0 Å². The molecule has 1 atom stereocenters. The highest BCUT2D eigenvalue weighted by Crippen LogP contribution is 2.08. The molecule has 1 aromatic rings. The molecule has 1 heterocycles. The number of nitrogens with zero attached hydrogens (tertiary/aromatic N) is 3. The summed E-state index contributed by atoms with van der Waals surface area (Å²) in [5.41, 5.74) is 6.45. The molecule has 118 valence electrons. The zero-order valence-corrected chi connectivity index (χ0v) is 12.8. The summed E-state index contributed by atoms with van der Waals surface area (Å²) in [6.45, 7) is 6.54. The summed E-state index contributed by atoms with van der Waals surface area (Å²) < 4.78 is 1.36. The number of hydrogen-bond acceptors (Lipinski definition) is 5. The van der Waals surface area contributed by atoms with E-state index in [9.17, 15) is 9.59 Å². The van der Waals surface area contributed by atoms with Crippen LogP contribution in [0.1, 0.15) is 45.3 Å². The lowest BCUT2D eigenvalue weighted by atomic mass is 10.1. The van der Waals surface area contributed by atoms with Gasteiger partial charge in [0, 0.05) is 6.54 Å². The second kappa shape index (κ2) is 8.35. The van der Waals surface area contributed by atoms with E-state index >= 15 is 0 Å². The van der Waals surface area contributed by atoms with E-state index in [1.165, 1.54) is 4.68 Å². The molecule has 0 radical (unpaired) electrons. The monoisotopic (exact) mass is 296 g/mol. The van der Waals surface area contributed by atoms with E-state index < -0.39 is 11.9 Å². The Bertz CT molecular complexity index is 471. The average Bonchev–Trinajstić information content (AvgIpc) is 2.85. The predicted molar refractivity (Wildman–Crippen MR) is 78.2 cm³/mol. The molecule has 0 aliphatic carbocycles. The molecule has 8 heteroatoms. The molecule has 1 aromatic heterocycles. The van der Waals surface area contributed by atoms with Gasteiger partial charge in [0.2, 0.25) is 5.91 Å². The van der Waals surface area contributed by atoms with E-state index in [0.29, 0.717) is 18.2 Å². The fourth-order valence-electron chi connectivity index (χ4n) is 1.60. The lowest BCUT2D eigenvalue weighted by Gasteiger charge is -2.08. The molecule has 0 saturated heterocycles. The lowest BCUT2D eigenvalue weighted by molar-refractivity contribution is -0.120. The largest absolute Gasteiger partial charge is 0.338 e. The molecule has 3 amide bonds. The topological polar surface area (TPSA) is 115 Å². The summed E-state index contributed by atoms with van der Waals surface area (Å²) in [6.07, 6.45) is 3.22. The molecule has 0 aliphatic rings. The van der Waals surface area contributed by atoms with Gasteiger partial charge in [-0.05, 0) is 18.8 Å². The van der Waals surface area contributed by atoms with Crippen LogP contribution in [0.4, 0.5) is 4.79 Å². The Balaban J connectivity index is 2.36. The van der Waals surface area contributed by atoms with Gasteiger partial charge in [-0.25, -0.2) is 9.48 Å². The summed E-state index contributed by atoms with van der Waals surface area (Å²) in [6, 6.07) is -0.688. The van der Waals surface area contributed by atoms with E-state index in [-0.39, 0.29) is 12.6 Å². The Morgan fingerprint density at radius 1 is 1.43 bits per heavy atom. The van der Waals surface area contributed by atoms with Gasteiger partial charge in [0.1, 0.15) is 6.54 Å². The van der Waals surface area contributed by atoms with Crippen LogP contribution in [0.25, 0.3) is 0 Å². The second-order valence-corrected chi connectivity index (χ2v) is 5.34. The first-order valence-corrected chi connectivity index (χ1v) is 7.15. The first-order valence-electron chi connectivity index (χ1n) is 7.15. The maximum Gasteiger partial charge on any atom is 0.321 e. The molecule has 0 bridgehead atoms. The molecule has 0 spiro atoms. The number of rotatable bonds is 7. The quantitative estimate of drug-likeness (QED) is 0.680. The molecule has 4 N–H and O–H groups in total. The fraction of sp³-hybridized carbons (Fsp3) is 0.692. The number of urea groups is 1. The molecule has 1 rings (SSSR count). The highest BCUT2D eigenvalue weighted by atomic mass is 16.2. The number of nitrogens with two attached hydrogens (primary N) is 1. The Labute approximate surface area is 124 Å². The van der Waals surface area contributed by atoms with Crippen LogP contribution in [0.15, 0.2) is 6.20 Å². The molecule has 0 aromatic carbocycles. The van der Waals surface area contributed by atoms with Gasteiger partial charge in [0.25, 0.3) is 0 Å². The van der Waals surface area contributed by atoms with Crippen LogP contribution in [-0.4, -0.2) is 33.5 Å². The zero-order chi connectivity index (χ0) is 15.8. The highest BCUT2D eigenvalue weighted by molar-refractivity contribution is 5.94. The molecule has 0 fully saturated rings. The number of amides is 3. The number of carbonyl (C=O) groups excluding carboxylic acids is 2. The van der Waals surface area contributed by atoms with Gasteiger partial charge in [-0.15, -0.1) is 5.10 Å². The number of hydrogen-bond donors (Lipinski definition) is 3. The van der Waals surface area contributed by atoms with Crippen molar-refractivity contribution in [1.82, 2.24) is 25.6 Å². The number of imide groups is 1. The van der Waals surface area contributed by atoms with Crippen molar-refractivity contribution in [3.05, 3.63) is 11.9 Å². The fourth-order valence-corrected chi connectivity index (χ4v) is 1.60. The van der Waals surface area contributed by atoms with Gasteiger partial charge in [-0.3, -0.25) is 10.1 Å². The van der Waals surface area contributed by atoms with Crippen molar-refractivity contribution in [3.63, 3.8) is 0 Å². The number of nitrogens with one attached hydrogen (secondary N) is 2. The van der Waals surface area contributed by atoms with Crippen molar-refractivity contribution < 1.29 is 9.59 Å². The Hall–Kier alpha value is -1.96. The van der Waals surface area contributed by atoms with Crippen molar-refractivity contribution in [2.75, 3.05) is 6.54 Å². The van der Waals surface area contributed by atoms with Crippen LogP contribution in [0.3, 0.4) is 0 Å². The number of carbonyl (C=O) groups is 2. The Morgan fingerprint density at radius 3 is 2.76 bits per heavy atom. The third kappa shape index (κ3) is 6.35. The summed E-state index contributed by atoms with van der Waals surface area (Å²) in [7, 11) is 0. The summed E-state index contributed by atoms with van der Waals surface area (Å²) in [5.74, 6) is 0.0518. The summed E-state index contributed by atoms with van der Waals surface area (Å²) >= 11 is 0. The lowest BCUT2D eigenvalue weighted by Crippen LogP contribution is -2.41. The van der Waals surface area contributed by atoms with Crippen molar-refractivity contribution in [3.8, 4) is 0 Å². The number of aromatic nitrogens is 3. The molecule has 0 aliphatic heterocycles.